The molecule has 5 N–H and O–H groups in total. The molecule has 0 fully saturated rings. The molecule has 0 radical (unpaired) electrons. The number of aliphatic hydroxyl groups is 1. The number of carbonyl (C=O) groups excluding carboxylic acids is 1. The van der Waals surface area contributed by atoms with Crippen molar-refractivity contribution in [2.24, 2.45) is 0 Å². The van der Waals surface area contributed by atoms with Gasteiger partial charge in [0.2, 0.25) is 0 Å². The van der Waals surface area contributed by atoms with E-state index in [9.17, 15) is 9.90 Å². The molecule has 18 heavy (non-hydrogen) atoms. The van der Waals surface area contributed by atoms with Gasteiger partial charge in [0.25, 0.3) is 5.91 Å². The van der Waals surface area contributed by atoms with Crippen LogP contribution in [0.25, 0.3) is 0 Å². The average molecular weight is 272 g/mol. The number of amides is 1. The first-order chi connectivity index (χ1) is 8.43. The van der Waals surface area contributed by atoms with E-state index < -0.39 is 6.10 Å². The number of hydrogen-bond donors (Lipinski definition) is 4. The maximum atomic E-state index is 11.9. The summed E-state index contributed by atoms with van der Waals surface area (Å²) in [4.78, 5) is 16.4. The summed E-state index contributed by atoms with van der Waals surface area (Å²) in [5, 5.41) is 15.7. The zero-order valence-electron chi connectivity index (χ0n) is 10.9. The van der Waals surface area contributed by atoms with Crippen molar-refractivity contribution in [3.05, 3.63) is 4.88 Å². The largest absolute Gasteiger partial charge is 0.393 e. The van der Waals surface area contributed by atoms with Crippen molar-refractivity contribution >= 4 is 28.2 Å². The Kier molecular flexibility index (Phi) is 5.36. The number of thiazole rings is 1. The Hall–Kier alpha value is -1.34. The topological polar surface area (TPSA) is 100 Å². The normalized spacial score (nSPS) is 14.0. The number of nitrogens with zero attached hydrogens (tertiary/aromatic N) is 1. The van der Waals surface area contributed by atoms with E-state index >= 15 is 0 Å². The molecule has 7 heteroatoms. The molecule has 0 aliphatic carbocycles. The van der Waals surface area contributed by atoms with E-state index in [0.29, 0.717) is 16.4 Å². The van der Waals surface area contributed by atoms with E-state index in [4.69, 9.17) is 5.73 Å². The summed E-state index contributed by atoms with van der Waals surface area (Å²) >= 11 is 1.23. The van der Waals surface area contributed by atoms with Gasteiger partial charge in [0, 0.05) is 12.6 Å². The van der Waals surface area contributed by atoms with Crippen molar-refractivity contribution in [3.8, 4) is 0 Å². The fourth-order valence-corrected chi connectivity index (χ4v) is 2.44. The highest BCUT2D eigenvalue weighted by Gasteiger charge is 2.18. The summed E-state index contributed by atoms with van der Waals surface area (Å²) in [5.74, 6) is -0.0139. The molecule has 102 valence electrons. The van der Waals surface area contributed by atoms with Gasteiger partial charge in [-0.25, -0.2) is 4.98 Å². The Bertz CT molecular complexity index is 406. The van der Waals surface area contributed by atoms with Crippen molar-refractivity contribution < 1.29 is 9.90 Å². The van der Waals surface area contributed by atoms with Gasteiger partial charge in [-0.3, -0.25) is 4.79 Å². The molecule has 1 amide bonds. The van der Waals surface area contributed by atoms with Crippen LogP contribution in [0, 0.1) is 0 Å². The van der Waals surface area contributed by atoms with Crippen LogP contribution in [0.5, 0.6) is 0 Å². The third-order valence-corrected chi connectivity index (χ3v) is 3.29. The minimum Gasteiger partial charge on any atom is -0.393 e. The molecule has 0 spiro atoms. The first-order valence-corrected chi connectivity index (χ1v) is 6.74. The number of rotatable bonds is 6. The first kappa shape index (κ1) is 14.7. The first-order valence-electron chi connectivity index (χ1n) is 5.93. The van der Waals surface area contributed by atoms with Crippen LogP contribution in [-0.2, 0) is 0 Å². The molecule has 1 heterocycles. The van der Waals surface area contributed by atoms with E-state index in [2.05, 4.69) is 15.6 Å². The standard InChI is InChI=1S/C11H20N4O2S/c1-4-13-11-15-9(12)8(18-11)10(17)14-6(2)5-7(3)16/h6-7,16H,4-5,12H2,1-3H3,(H,13,15)(H,14,17). The average Bonchev–Trinajstić information content (AvgIpc) is 2.58. The highest BCUT2D eigenvalue weighted by Crippen LogP contribution is 2.24. The van der Waals surface area contributed by atoms with Crippen LogP contribution in [0.4, 0.5) is 10.9 Å². The fraction of sp³-hybridized carbons (Fsp3) is 0.636. The van der Waals surface area contributed by atoms with Crippen LogP contribution in [-0.4, -0.2) is 34.7 Å². The quantitative estimate of drug-likeness (QED) is 0.620. The highest BCUT2D eigenvalue weighted by molar-refractivity contribution is 7.18. The maximum Gasteiger partial charge on any atom is 0.265 e. The van der Waals surface area contributed by atoms with Gasteiger partial charge in [0.1, 0.15) is 10.7 Å². The summed E-state index contributed by atoms with van der Waals surface area (Å²) < 4.78 is 0. The van der Waals surface area contributed by atoms with E-state index in [1.54, 1.807) is 6.92 Å². The lowest BCUT2D eigenvalue weighted by Gasteiger charge is -2.14. The van der Waals surface area contributed by atoms with Crippen molar-refractivity contribution in [3.63, 3.8) is 0 Å². The molecule has 1 rings (SSSR count). The summed E-state index contributed by atoms with van der Waals surface area (Å²) in [6.45, 7) is 6.20. The second kappa shape index (κ2) is 6.55. The molecule has 0 bridgehead atoms. The molecular formula is C11H20N4O2S. The number of aliphatic hydroxyl groups excluding tert-OH is 1. The zero-order valence-corrected chi connectivity index (χ0v) is 11.7. The Morgan fingerprint density at radius 2 is 2.22 bits per heavy atom. The number of nitrogens with two attached hydrogens (primary N) is 1. The monoisotopic (exact) mass is 272 g/mol. The maximum absolute atomic E-state index is 11.9. The van der Waals surface area contributed by atoms with Gasteiger partial charge in [-0.1, -0.05) is 11.3 Å². The number of aromatic nitrogens is 1. The molecule has 6 nitrogen and oxygen atoms in total. The van der Waals surface area contributed by atoms with Gasteiger partial charge >= 0.3 is 0 Å². The van der Waals surface area contributed by atoms with Crippen LogP contribution < -0.4 is 16.4 Å². The lowest BCUT2D eigenvalue weighted by Crippen LogP contribution is -2.34. The SMILES string of the molecule is CCNc1nc(N)c(C(=O)NC(C)CC(C)O)s1. The predicted molar refractivity (Wildman–Crippen MR) is 73.9 cm³/mol. The second-order valence-corrected chi connectivity index (χ2v) is 5.22. The van der Waals surface area contributed by atoms with Crippen LogP contribution in [0.2, 0.25) is 0 Å². The van der Waals surface area contributed by atoms with E-state index in [1.165, 1.54) is 11.3 Å². The molecule has 2 atom stereocenters. The minimum atomic E-state index is -0.448. The van der Waals surface area contributed by atoms with Gasteiger partial charge in [0.15, 0.2) is 5.13 Å². The summed E-state index contributed by atoms with van der Waals surface area (Å²) in [7, 11) is 0. The van der Waals surface area contributed by atoms with Gasteiger partial charge in [0.05, 0.1) is 6.10 Å². The summed E-state index contributed by atoms with van der Waals surface area (Å²) in [6, 6.07) is -0.110. The van der Waals surface area contributed by atoms with E-state index in [0.717, 1.165) is 6.54 Å². The Morgan fingerprint density at radius 3 is 2.78 bits per heavy atom. The lowest BCUT2D eigenvalue weighted by molar-refractivity contribution is 0.0928. The Balaban J connectivity index is 2.66. The molecule has 0 aliphatic heterocycles. The van der Waals surface area contributed by atoms with Gasteiger partial charge < -0.3 is 21.5 Å². The van der Waals surface area contributed by atoms with Gasteiger partial charge in [-0.2, -0.15) is 0 Å². The molecular weight excluding hydrogens is 252 g/mol. The molecule has 1 aromatic rings. The number of nitrogens with one attached hydrogen (secondary N) is 2. The van der Waals surface area contributed by atoms with Crippen LogP contribution in [0.3, 0.4) is 0 Å². The van der Waals surface area contributed by atoms with Gasteiger partial charge in [-0.05, 0) is 27.2 Å². The highest BCUT2D eigenvalue weighted by atomic mass is 32.1. The zero-order chi connectivity index (χ0) is 13.7. The molecule has 0 saturated carbocycles. The third-order valence-electron chi connectivity index (χ3n) is 2.26. The smallest absolute Gasteiger partial charge is 0.265 e. The Labute approximate surface area is 111 Å². The Morgan fingerprint density at radius 1 is 1.56 bits per heavy atom. The number of anilines is 2. The van der Waals surface area contributed by atoms with Crippen molar-refractivity contribution in [2.45, 2.75) is 39.3 Å². The number of nitrogen functional groups attached to an aromatic ring is 1. The molecule has 1 aromatic heterocycles. The van der Waals surface area contributed by atoms with Crippen molar-refractivity contribution in [1.82, 2.24) is 10.3 Å². The summed E-state index contributed by atoms with van der Waals surface area (Å²) in [5.41, 5.74) is 5.70. The fourth-order valence-electron chi connectivity index (χ4n) is 1.58. The molecule has 0 saturated heterocycles. The predicted octanol–water partition coefficient (Wildman–Crippen LogP) is 1.05. The number of hydrogen-bond acceptors (Lipinski definition) is 6. The van der Waals surface area contributed by atoms with E-state index in [1.807, 2.05) is 13.8 Å². The molecule has 2 unspecified atom stereocenters. The van der Waals surface area contributed by atoms with E-state index in [-0.39, 0.29) is 17.8 Å². The minimum absolute atomic E-state index is 0.110. The van der Waals surface area contributed by atoms with Crippen LogP contribution in [0.15, 0.2) is 0 Å². The van der Waals surface area contributed by atoms with Crippen LogP contribution in [0.1, 0.15) is 36.9 Å². The van der Waals surface area contributed by atoms with Crippen molar-refractivity contribution in [2.75, 3.05) is 17.6 Å². The number of carbonyl (C=O) groups is 1. The lowest BCUT2D eigenvalue weighted by atomic mass is 10.1. The van der Waals surface area contributed by atoms with Crippen molar-refractivity contribution in [1.29, 1.82) is 0 Å². The molecule has 0 aromatic carbocycles. The summed E-state index contributed by atoms with van der Waals surface area (Å²) in [6.07, 6.45) is 0.0567. The molecule has 0 aliphatic rings. The van der Waals surface area contributed by atoms with Gasteiger partial charge in [-0.15, -0.1) is 0 Å². The second-order valence-electron chi connectivity index (χ2n) is 4.22. The third kappa shape index (κ3) is 4.15. The van der Waals surface area contributed by atoms with Crippen LogP contribution >= 0.6 is 11.3 Å².